The van der Waals surface area contributed by atoms with Crippen LogP contribution in [0.15, 0.2) is 69.6 Å². The van der Waals surface area contributed by atoms with Crippen LogP contribution in [0, 0.1) is 11.3 Å². The van der Waals surface area contributed by atoms with E-state index in [1.54, 1.807) is 0 Å². The first-order chi connectivity index (χ1) is 14.5. The highest BCUT2D eigenvalue weighted by atomic mass is 79.9. The fraction of sp³-hybridized carbons (Fsp3) is 0.125. The first kappa shape index (κ1) is 22.4. The molecular formula is C24H18Br2ClNO2. The summed E-state index contributed by atoms with van der Waals surface area (Å²) in [6, 6.07) is 21.2. The van der Waals surface area contributed by atoms with E-state index < -0.39 is 0 Å². The number of ether oxygens (including phenoxy) is 2. The summed E-state index contributed by atoms with van der Waals surface area (Å²) < 4.78 is 13.5. The molecule has 0 aliphatic carbocycles. The molecule has 3 rings (SSSR count). The molecule has 0 spiro atoms. The van der Waals surface area contributed by atoms with Gasteiger partial charge in [-0.05, 0) is 66.1 Å². The molecule has 0 heterocycles. The molecule has 6 heteroatoms. The Labute approximate surface area is 198 Å². The van der Waals surface area contributed by atoms with E-state index in [4.69, 9.17) is 21.1 Å². The summed E-state index contributed by atoms with van der Waals surface area (Å²) in [5.74, 6) is 1.24. The molecule has 0 radical (unpaired) electrons. The normalized spacial score (nSPS) is 11.1. The first-order valence-electron chi connectivity index (χ1n) is 9.21. The smallest absolute Gasteiger partial charge is 0.162 e. The second-order valence-electron chi connectivity index (χ2n) is 6.35. The largest absolute Gasteiger partial charge is 0.490 e. The molecule has 0 aromatic heterocycles. The summed E-state index contributed by atoms with van der Waals surface area (Å²) in [6.45, 7) is 2.81. The van der Waals surface area contributed by atoms with Gasteiger partial charge >= 0.3 is 0 Å². The standard InChI is InChI=1S/C24H18Br2ClNO2/c1-2-29-23-12-18(10-19(14-28)17-4-3-5-20(25)11-17)22(26)13-24(23)30-15-16-6-8-21(27)9-7-16/h3-13H,2,15H2,1H3/b19-10+. The van der Waals surface area contributed by atoms with Crippen LogP contribution in [0.5, 0.6) is 11.5 Å². The van der Waals surface area contributed by atoms with Crippen LogP contribution < -0.4 is 9.47 Å². The number of allylic oxidation sites excluding steroid dienone is 1. The van der Waals surface area contributed by atoms with Gasteiger partial charge in [-0.15, -0.1) is 0 Å². The van der Waals surface area contributed by atoms with Crippen LogP contribution in [0.25, 0.3) is 11.6 Å². The second-order valence-corrected chi connectivity index (χ2v) is 8.56. The van der Waals surface area contributed by atoms with Crippen LogP contribution in [0.1, 0.15) is 23.6 Å². The molecule has 0 aliphatic heterocycles. The van der Waals surface area contributed by atoms with Crippen LogP contribution in [-0.2, 0) is 6.61 Å². The van der Waals surface area contributed by atoms with Crippen LogP contribution in [0.4, 0.5) is 0 Å². The first-order valence-corrected chi connectivity index (χ1v) is 11.2. The van der Waals surface area contributed by atoms with E-state index in [1.807, 2.05) is 73.7 Å². The molecular weight excluding hydrogens is 530 g/mol. The van der Waals surface area contributed by atoms with Gasteiger partial charge in [-0.25, -0.2) is 0 Å². The van der Waals surface area contributed by atoms with Gasteiger partial charge in [0, 0.05) is 14.0 Å². The summed E-state index contributed by atoms with van der Waals surface area (Å²) in [5.41, 5.74) is 3.21. The molecule has 30 heavy (non-hydrogen) atoms. The lowest BCUT2D eigenvalue weighted by atomic mass is 10.0. The molecule has 3 aromatic carbocycles. The fourth-order valence-corrected chi connectivity index (χ4v) is 3.74. The highest BCUT2D eigenvalue weighted by molar-refractivity contribution is 9.10. The fourth-order valence-electron chi connectivity index (χ4n) is 2.78. The van der Waals surface area contributed by atoms with E-state index in [2.05, 4.69) is 37.9 Å². The van der Waals surface area contributed by atoms with E-state index in [0.29, 0.717) is 35.3 Å². The number of rotatable bonds is 7. The van der Waals surface area contributed by atoms with Crippen molar-refractivity contribution in [3.8, 4) is 17.6 Å². The molecule has 0 amide bonds. The van der Waals surface area contributed by atoms with Crippen molar-refractivity contribution >= 4 is 55.1 Å². The number of hydrogen-bond acceptors (Lipinski definition) is 3. The number of nitrogens with zero attached hydrogens (tertiary/aromatic N) is 1. The summed E-state index contributed by atoms with van der Waals surface area (Å²) >= 11 is 13.0. The third-order valence-electron chi connectivity index (χ3n) is 4.23. The van der Waals surface area contributed by atoms with Crippen molar-refractivity contribution in [3.63, 3.8) is 0 Å². The molecule has 0 bridgehead atoms. The number of nitriles is 1. The van der Waals surface area contributed by atoms with Gasteiger partial charge in [0.2, 0.25) is 0 Å². The third-order valence-corrected chi connectivity index (χ3v) is 5.66. The van der Waals surface area contributed by atoms with Gasteiger partial charge in [0.05, 0.1) is 18.2 Å². The van der Waals surface area contributed by atoms with Gasteiger partial charge < -0.3 is 9.47 Å². The van der Waals surface area contributed by atoms with Crippen LogP contribution >= 0.6 is 43.5 Å². The Morgan fingerprint density at radius 3 is 2.43 bits per heavy atom. The van der Waals surface area contributed by atoms with Gasteiger partial charge in [0.25, 0.3) is 0 Å². The molecule has 0 atom stereocenters. The zero-order valence-corrected chi connectivity index (χ0v) is 20.1. The topological polar surface area (TPSA) is 42.2 Å². The second kappa shape index (κ2) is 10.7. The molecule has 152 valence electrons. The summed E-state index contributed by atoms with van der Waals surface area (Å²) in [4.78, 5) is 0. The van der Waals surface area contributed by atoms with Gasteiger partial charge in [0.1, 0.15) is 6.61 Å². The van der Waals surface area contributed by atoms with Crippen molar-refractivity contribution in [2.45, 2.75) is 13.5 Å². The maximum Gasteiger partial charge on any atom is 0.162 e. The highest BCUT2D eigenvalue weighted by Gasteiger charge is 2.12. The Morgan fingerprint density at radius 2 is 1.77 bits per heavy atom. The van der Waals surface area contributed by atoms with Crippen LogP contribution in [0.3, 0.4) is 0 Å². The van der Waals surface area contributed by atoms with E-state index in [1.165, 1.54) is 0 Å². The number of hydrogen-bond donors (Lipinski definition) is 0. The average molecular weight is 548 g/mol. The lowest BCUT2D eigenvalue weighted by molar-refractivity contribution is 0.269. The van der Waals surface area contributed by atoms with Crippen LogP contribution in [-0.4, -0.2) is 6.61 Å². The maximum atomic E-state index is 9.67. The van der Waals surface area contributed by atoms with E-state index >= 15 is 0 Å². The zero-order chi connectivity index (χ0) is 21.5. The van der Waals surface area contributed by atoms with Crippen molar-refractivity contribution < 1.29 is 9.47 Å². The van der Waals surface area contributed by atoms with Crippen LogP contribution in [0.2, 0.25) is 5.02 Å². The Bertz CT molecular complexity index is 1110. The van der Waals surface area contributed by atoms with Crippen molar-refractivity contribution in [1.29, 1.82) is 5.26 Å². The summed E-state index contributed by atoms with van der Waals surface area (Å²) in [6.07, 6.45) is 1.83. The number of halogens is 3. The van der Waals surface area contributed by atoms with Gasteiger partial charge in [-0.1, -0.05) is 67.7 Å². The number of benzene rings is 3. The Kier molecular flexibility index (Phi) is 7.98. The molecule has 3 nitrogen and oxygen atoms in total. The average Bonchev–Trinajstić information content (AvgIpc) is 2.74. The third kappa shape index (κ3) is 5.89. The highest BCUT2D eigenvalue weighted by Crippen LogP contribution is 2.36. The maximum absolute atomic E-state index is 9.67. The Balaban J connectivity index is 1.92. The molecule has 0 fully saturated rings. The lowest BCUT2D eigenvalue weighted by Gasteiger charge is -2.14. The zero-order valence-electron chi connectivity index (χ0n) is 16.2. The van der Waals surface area contributed by atoms with Gasteiger partial charge in [-0.3, -0.25) is 0 Å². The molecule has 3 aromatic rings. The lowest BCUT2D eigenvalue weighted by Crippen LogP contribution is -2.00. The van der Waals surface area contributed by atoms with E-state index in [-0.39, 0.29) is 0 Å². The Morgan fingerprint density at radius 1 is 1.03 bits per heavy atom. The van der Waals surface area contributed by atoms with Crippen molar-refractivity contribution in [3.05, 3.63) is 91.3 Å². The molecule has 0 N–H and O–H groups in total. The molecule has 0 saturated carbocycles. The monoisotopic (exact) mass is 545 g/mol. The van der Waals surface area contributed by atoms with Crippen molar-refractivity contribution in [1.82, 2.24) is 0 Å². The van der Waals surface area contributed by atoms with Gasteiger partial charge in [-0.2, -0.15) is 5.26 Å². The van der Waals surface area contributed by atoms with Crippen molar-refractivity contribution in [2.24, 2.45) is 0 Å². The summed E-state index contributed by atoms with van der Waals surface area (Å²) in [7, 11) is 0. The SMILES string of the molecule is CCOc1cc(/C=C(\C#N)c2cccc(Br)c2)c(Br)cc1OCc1ccc(Cl)cc1. The summed E-state index contributed by atoms with van der Waals surface area (Å²) in [5, 5.41) is 10.4. The molecule has 0 unspecified atom stereocenters. The minimum atomic E-state index is 0.389. The minimum Gasteiger partial charge on any atom is -0.490 e. The molecule has 0 aliphatic rings. The Hall–Kier alpha value is -2.26. The predicted octanol–water partition coefficient (Wildman–Crippen LogP) is 7.91. The minimum absolute atomic E-state index is 0.389. The van der Waals surface area contributed by atoms with E-state index in [0.717, 1.165) is 25.6 Å². The predicted molar refractivity (Wildman–Crippen MR) is 129 cm³/mol. The van der Waals surface area contributed by atoms with Gasteiger partial charge in [0.15, 0.2) is 11.5 Å². The van der Waals surface area contributed by atoms with Crippen molar-refractivity contribution in [2.75, 3.05) is 6.61 Å². The quantitative estimate of drug-likeness (QED) is 0.223. The molecule has 0 saturated heterocycles. The van der Waals surface area contributed by atoms with E-state index in [9.17, 15) is 5.26 Å².